The van der Waals surface area contributed by atoms with Gasteiger partial charge in [-0.15, -0.1) is 0 Å². The van der Waals surface area contributed by atoms with Crippen LogP contribution in [0.15, 0.2) is 0 Å². The summed E-state index contributed by atoms with van der Waals surface area (Å²) in [5.74, 6) is -7.76. The Morgan fingerprint density at radius 2 is 1.02 bits per heavy atom. The van der Waals surface area contributed by atoms with Crippen LogP contribution in [0.2, 0.25) is 0 Å². The van der Waals surface area contributed by atoms with E-state index in [1.54, 1.807) is 0 Å². The quantitative estimate of drug-likeness (QED) is 0.0525. The molecule has 0 rings (SSSR count). The first-order chi connectivity index (χ1) is 21.4. The van der Waals surface area contributed by atoms with Crippen LogP contribution in [0.3, 0.4) is 0 Å². The van der Waals surface area contributed by atoms with Crippen molar-refractivity contribution in [3.05, 3.63) is 0 Å². The van der Waals surface area contributed by atoms with Crippen LogP contribution in [0.1, 0.15) is 20.8 Å². The average Bonchev–Trinajstić information content (AvgIpc) is 3.00. The molecule has 0 heterocycles. The van der Waals surface area contributed by atoms with Gasteiger partial charge in [0.05, 0.1) is 18.7 Å². The van der Waals surface area contributed by atoms with E-state index in [-0.39, 0.29) is 23.0 Å². The number of rotatable bonds is 20. The summed E-state index contributed by atoms with van der Waals surface area (Å²) in [5.41, 5.74) is 5.51. The molecular formula is C24H42N8O10S4. The Morgan fingerprint density at radius 1 is 0.587 bits per heavy atom. The van der Waals surface area contributed by atoms with E-state index in [0.717, 1.165) is 0 Å². The zero-order chi connectivity index (χ0) is 35.7. The predicted molar refractivity (Wildman–Crippen MR) is 179 cm³/mol. The first kappa shape index (κ1) is 43.1. The van der Waals surface area contributed by atoms with Gasteiger partial charge in [0.1, 0.15) is 36.3 Å². The number of hydrogen-bond acceptors (Lipinski definition) is 14. The molecule has 8 atom stereocenters. The van der Waals surface area contributed by atoms with Crippen LogP contribution in [-0.2, 0) is 38.4 Å². The van der Waals surface area contributed by atoms with Crippen molar-refractivity contribution in [2.24, 2.45) is 5.73 Å². The van der Waals surface area contributed by atoms with E-state index in [0.29, 0.717) is 0 Å². The molecule has 11 N–H and O–H groups in total. The molecule has 0 aliphatic rings. The highest BCUT2D eigenvalue weighted by molar-refractivity contribution is 7.80. The molecule has 7 amide bonds. The molecule has 262 valence electrons. The summed E-state index contributed by atoms with van der Waals surface area (Å²) in [6.07, 6.45) is -1.47. The van der Waals surface area contributed by atoms with Gasteiger partial charge in [-0.1, -0.05) is 0 Å². The highest BCUT2D eigenvalue weighted by Crippen LogP contribution is 2.00. The molecule has 46 heavy (non-hydrogen) atoms. The average molecular weight is 731 g/mol. The monoisotopic (exact) mass is 730 g/mol. The van der Waals surface area contributed by atoms with Gasteiger partial charge >= 0.3 is 5.97 Å². The van der Waals surface area contributed by atoms with E-state index in [9.17, 15) is 43.5 Å². The molecule has 0 fully saturated rings. The largest absolute Gasteiger partial charge is 0.480 e. The van der Waals surface area contributed by atoms with Crippen molar-refractivity contribution < 1.29 is 48.6 Å². The smallest absolute Gasteiger partial charge is 0.325 e. The number of nitrogens with two attached hydrogens (primary N) is 1. The van der Waals surface area contributed by atoms with Crippen LogP contribution < -0.4 is 43.0 Å². The Balaban J connectivity index is 5.26. The fourth-order valence-corrected chi connectivity index (χ4v) is 4.12. The number of carboxylic acids is 1. The van der Waals surface area contributed by atoms with Gasteiger partial charge in [0.2, 0.25) is 41.4 Å². The molecule has 8 unspecified atom stereocenters. The van der Waals surface area contributed by atoms with Crippen LogP contribution >= 0.6 is 50.5 Å². The highest BCUT2D eigenvalue weighted by atomic mass is 32.1. The maximum atomic E-state index is 12.8. The van der Waals surface area contributed by atoms with E-state index in [1.807, 2.05) is 0 Å². The molecule has 0 radical (unpaired) electrons. The van der Waals surface area contributed by atoms with E-state index in [2.05, 4.69) is 87.7 Å². The fourth-order valence-electron chi connectivity index (χ4n) is 3.18. The van der Waals surface area contributed by atoms with Gasteiger partial charge in [-0.3, -0.25) is 38.4 Å². The molecule has 0 bridgehead atoms. The Labute approximate surface area is 287 Å². The molecule has 0 aliphatic carbocycles. The van der Waals surface area contributed by atoms with Crippen molar-refractivity contribution in [1.82, 2.24) is 37.2 Å². The predicted octanol–water partition coefficient (Wildman–Crippen LogP) is -5.44. The minimum absolute atomic E-state index is 0.0486. The number of carbonyl (C=O) groups is 8. The molecule has 18 nitrogen and oxygen atoms in total. The Morgan fingerprint density at radius 3 is 1.46 bits per heavy atom. The van der Waals surface area contributed by atoms with Crippen molar-refractivity contribution in [3.8, 4) is 0 Å². The zero-order valence-corrected chi connectivity index (χ0v) is 28.8. The minimum Gasteiger partial charge on any atom is -0.480 e. The van der Waals surface area contributed by atoms with Crippen LogP contribution in [-0.4, -0.2) is 135 Å². The molecule has 0 aromatic rings. The van der Waals surface area contributed by atoms with Gasteiger partial charge < -0.3 is 53.2 Å². The SMILES string of the molecule is CC(NC(=O)C(CS)NC(=O)C(NC(=O)C(C)NC(=O)C(CS)NC(=O)C(CS)NC(=O)CNC(=O)C(N)CS)C(C)O)C(=O)O. The van der Waals surface area contributed by atoms with Gasteiger partial charge in [0.15, 0.2) is 0 Å². The fraction of sp³-hybridized carbons (Fsp3) is 0.667. The maximum absolute atomic E-state index is 12.8. The normalized spacial score (nSPS) is 16.0. The molecule has 22 heteroatoms. The summed E-state index contributed by atoms with van der Waals surface area (Å²) < 4.78 is 0. The molecule has 0 spiro atoms. The number of aliphatic hydroxyl groups is 1. The molecule has 0 saturated heterocycles. The zero-order valence-electron chi connectivity index (χ0n) is 25.2. The maximum Gasteiger partial charge on any atom is 0.325 e. The molecule has 0 aromatic heterocycles. The lowest BCUT2D eigenvalue weighted by Gasteiger charge is -2.26. The summed E-state index contributed by atoms with van der Waals surface area (Å²) in [6, 6.07) is -8.94. The van der Waals surface area contributed by atoms with Crippen molar-refractivity contribution in [1.29, 1.82) is 0 Å². The van der Waals surface area contributed by atoms with Gasteiger partial charge in [-0.2, -0.15) is 50.5 Å². The summed E-state index contributed by atoms with van der Waals surface area (Å²) in [5, 5.41) is 35.1. The third-order valence-electron chi connectivity index (χ3n) is 5.97. The third kappa shape index (κ3) is 15.1. The second kappa shape index (κ2) is 21.8. The van der Waals surface area contributed by atoms with Crippen molar-refractivity contribution in [2.45, 2.75) is 69.2 Å². The van der Waals surface area contributed by atoms with Gasteiger partial charge in [-0.05, 0) is 20.8 Å². The van der Waals surface area contributed by atoms with Crippen LogP contribution in [0.25, 0.3) is 0 Å². The van der Waals surface area contributed by atoms with Gasteiger partial charge in [-0.25, -0.2) is 0 Å². The van der Waals surface area contributed by atoms with Crippen LogP contribution in [0.4, 0.5) is 0 Å². The summed E-state index contributed by atoms with van der Waals surface area (Å²) in [4.78, 5) is 98.4. The Bertz CT molecular complexity index is 1120. The highest BCUT2D eigenvalue weighted by Gasteiger charge is 2.33. The summed E-state index contributed by atoms with van der Waals surface area (Å²) in [7, 11) is 0. The first-order valence-electron chi connectivity index (χ1n) is 13.6. The molecular weight excluding hydrogens is 689 g/mol. The number of thiol groups is 4. The number of aliphatic carboxylic acids is 1. The minimum atomic E-state index is -1.60. The van der Waals surface area contributed by atoms with Crippen LogP contribution in [0.5, 0.6) is 0 Å². The second-order valence-corrected chi connectivity index (χ2v) is 11.3. The van der Waals surface area contributed by atoms with Gasteiger partial charge in [0, 0.05) is 23.0 Å². The standard InChI is InChI=1S/C24H42N8O10S4/c1-9(18(35)32-17(11(3)33)23(40)31-15(8-46)21(38)28-10(2)24(41)42)27-20(37)14(7-45)30-22(39)13(6-44)29-16(34)4-26-19(36)12(25)5-43/h9-15,17,33,43-46H,4-8,25H2,1-3H3,(H,26,36)(H,27,37)(H,28,38)(H,29,34)(H,30,39)(H,31,40)(H,32,35)(H,41,42). The van der Waals surface area contributed by atoms with E-state index >= 15 is 0 Å². The number of amides is 7. The lowest BCUT2D eigenvalue weighted by Crippen LogP contribution is -2.61. The van der Waals surface area contributed by atoms with Crippen molar-refractivity contribution >= 4 is 97.8 Å². The molecule has 0 aromatic carbocycles. The van der Waals surface area contributed by atoms with Crippen molar-refractivity contribution in [3.63, 3.8) is 0 Å². The van der Waals surface area contributed by atoms with E-state index in [1.165, 1.54) is 20.8 Å². The number of carbonyl (C=O) groups excluding carboxylic acids is 7. The number of aliphatic hydroxyl groups excluding tert-OH is 1. The molecule has 0 aliphatic heterocycles. The lowest BCUT2D eigenvalue weighted by molar-refractivity contribution is -0.141. The Hall–Kier alpha value is -2.92. The third-order valence-corrected chi connectivity index (χ3v) is 7.45. The van der Waals surface area contributed by atoms with E-state index in [4.69, 9.17) is 10.8 Å². The van der Waals surface area contributed by atoms with Crippen LogP contribution in [0, 0.1) is 0 Å². The topological polar surface area (TPSA) is 287 Å². The second-order valence-electron chi connectivity index (χ2n) is 9.82. The summed E-state index contributed by atoms with van der Waals surface area (Å²) >= 11 is 15.9. The number of nitrogens with one attached hydrogen (secondary N) is 7. The van der Waals surface area contributed by atoms with Gasteiger partial charge in [0.25, 0.3) is 0 Å². The number of hydrogen-bond donors (Lipinski definition) is 14. The first-order valence-corrected chi connectivity index (χ1v) is 16.2. The van der Waals surface area contributed by atoms with E-state index < -0.39 is 102 Å². The number of carboxylic acid groups (broad SMARTS) is 1. The summed E-state index contributed by atoms with van der Waals surface area (Å²) in [6.45, 7) is 3.16. The lowest BCUT2D eigenvalue weighted by atomic mass is 10.1. The Kier molecular flexibility index (Phi) is 20.4. The van der Waals surface area contributed by atoms with Crippen molar-refractivity contribution in [2.75, 3.05) is 29.6 Å². The molecule has 0 saturated carbocycles.